The van der Waals surface area contributed by atoms with Crippen LogP contribution < -0.4 is 14.2 Å². The van der Waals surface area contributed by atoms with Crippen LogP contribution in [0.1, 0.15) is 18.4 Å². The molecule has 3 heterocycles. The first kappa shape index (κ1) is 15.4. The van der Waals surface area contributed by atoms with E-state index >= 15 is 0 Å². The van der Waals surface area contributed by atoms with Crippen molar-refractivity contribution in [1.29, 1.82) is 0 Å². The number of rotatable bonds is 5. The Bertz CT molecular complexity index is 498. The largest absolute Gasteiger partial charge is 0.493 e. The Morgan fingerprint density at radius 3 is 2.09 bits per heavy atom. The summed E-state index contributed by atoms with van der Waals surface area (Å²) in [7, 11) is 4.86. The molecule has 2 bridgehead atoms. The summed E-state index contributed by atoms with van der Waals surface area (Å²) in [5, 5.41) is 10.5. The highest BCUT2D eigenvalue weighted by Crippen LogP contribution is 2.40. The first-order valence-electron chi connectivity index (χ1n) is 7.89. The first-order chi connectivity index (χ1) is 10.7. The topological polar surface area (TPSA) is 51.2 Å². The molecule has 122 valence electrons. The van der Waals surface area contributed by atoms with E-state index in [2.05, 4.69) is 4.90 Å². The van der Waals surface area contributed by atoms with E-state index < -0.39 is 0 Å². The van der Waals surface area contributed by atoms with Gasteiger partial charge < -0.3 is 19.3 Å². The van der Waals surface area contributed by atoms with Gasteiger partial charge in [-0.1, -0.05) is 0 Å². The SMILES string of the molecule is COc1cc(CC2C(O)C3CCN2CC3)cc(OC)c1OC. The minimum Gasteiger partial charge on any atom is -0.493 e. The van der Waals surface area contributed by atoms with E-state index in [0.29, 0.717) is 23.2 Å². The average Bonchev–Trinajstić information content (AvgIpc) is 2.57. The second-order valence-corrected chi connectivity index (χ2v) is 6.17. The Kier molecular flexibility index (Phi) is 4.45. The van der Waals surface area contributed by atoms with Gasteiger partial charge in [-0.25, -0.2) is 0 Å². The molecule has 3 aliphatic rings. The number of nitrogens with zero attached hydrogens (tertiary/aromatic N) is 1. The molecule has 0 aliphatic carbocycles. The molecule has 0 aromatic heterocycles. The molecule has 22 heavy (non-hydrogen) atoms. The van der Waals surface area contributed by atoms with Crippen molar-refractivity contribution in [1.82, 2.24) is 4.90 Å². The zero-order valence-electron chi connectivity index (χ0n) is 13.5. The summed E-state index contributed by atoms with van der Waals surface area (Å²) in [5.74, 6) is 2.40. The highest BCUT2D eigenvalue weighted by molar-refractivity contribution is 5.54. The molecule has 2 unspecified atom stereocenters. The van der Waals surface area contributed by atoms with Crippen LogP contribution in [0.4, 0.5) is 0 Å². The molecule has 4 rings (SSSR count). The number of aliphatic hydroxyl groups is 1. The Morgan fingerprint density at radius 1 is 1.05 bits per heavy atom. The quantitative estimate of drug-likeness (QED) is 0.897. The van der Waals surface area contributed by atoms with Crippen LogP contribution in [-0.4, -0.2) is 56.6 Å². The van der Waals surface area contributed by atoms with Gasteiger partial charge in [0.25, 0.3) is 0 Å². The van der Waals surface area contributed by atoms with Gasteiger partial charge in [-0.05, 0) is 56.0 Å². The van der Waals surface area contributed by atoms with Crippen molar-refractivity contribution in [2.45, 2.75) is 31.4 Å². The second-order valence-electron chi connectivity index (χ2n) is 6.17. The molecular weight excluding hydrogens is 282 g/mol. The van der Waals surface area contributed by atoms with E-state index in [-0.39, 0.29) is 12.1 Å². The van der Waals surface area contributed by atoms with Crippen LogP contribution in [0.3, 0.4) is 0 Å². The molecule has 1 aromatic rings. The maximum absolute atomic E-state index is 10.5. The van der Waals surface area contributed by atoms with E-state index in [9.17, 15) is 5.11 Å². The van der Waals surface area contributed by atoms with Crippen LogP contribution in [-0.2, 0) is 6.42 Å². The number of piperidine rings is 3. The van der Waals surface area contributed by atoms with Gasteiger partial charge in [-0.15, -0.1) is 0 Å². The zero-order valence-corrected chi connectivity index (χ0v) is 13.5. The monoisotopic (exact) mass is 307 g/mol. The molecule has 1 N–H and O–H groups in total. The summed E-state index contributed by atoms with van der Waals surface area (Å²) in [6, 6.07) is 4.16. The van der Waals surface area contributed by atoms with Crippen molar-refractivity contribution in [3.63, 3.8) is 0 Å². The lowest BCUT2D eigenvalue weighted by Gasteiger charge is -2.49. The lowest BCUT2D eigenvalue weighted by atomic mass is 9.78. The van der Waals surface area contributed by atoms with E-state index in [1.54, 1.807) is 21.3 Å². The van der Waals surface area contributed by atoms with Crippen molar-refractivity contribution in [3.8, 4) is 17.2 Å². The average molecular weight is 307 g/mol. The van der Waals surface area contributed by atoms with Gasteiger partial charge in [0.15, 0.2) is 11.5 Å². The number of fused-ring (bicyclic) bond motifs is 3. The number of ether oxygens (including phenoxy) is 3. The molecule has 3 aliphatic heterocycles. The van der Waals surface area contributed by atoms with Gasteiger partial charge in [0, 0.05) is 6.04 Å². The fourth-order valence-corrected chi connectivity index (χ4v) is 3.87. The molecular formula is C17H25NO4. The second kappa shape index (κ2) is 6.34. The Hall–Kier alpha value is -1.46. The predicted octanol–water partition coefficient (Wildman–Crippen LogP) is 1.71. The maximum atomic E-state index is 10.5. The molecule has 5 heteroatoms. The molecule has 2 atom stereocenters. The third-order valence-corrected chi connectivity index (χ3v) is 5.09. The first-order valence-corrected chi connectivity index (χ1v) is 7.89. The highest BCUT2D eigenvalue weighted by Gasteiger charge is 2.41. The van der Waals surface area contributed by atoms with Crippen molar-refractivity contribution in [2.75, 3.05) is 34.4 Å². The zero-order chi connectivity index (χ0) is 15.7. The normalized spacial score (nSPS) is 30.2. The third kappa shape index (κ3) is 2.63. The minimum absolute atomic E-state index is 0.190. The Morgan fingerprint density at radius 2 is 1.64 bits per heavy atom. The molecule has 0 amide bonds. The Labute approximate surface area is 131 Å². The van der Waals surface area contributed by atoms with Crippen LogP contribution >= 0.6 is 0 Å². The van der Waals surface area contributed by atoms with Gasteiger partial charge in [0.05, 0.1) is 27.4 Å². The summed E-state index contributed by atoms with van der Waals surface area (Å²) in [6.45, 7) is 2.19. The lowest BCUT2D eigenvalue weighted by Crippen LogP contribution is -2.58. The van der Waals surface area contributed by atoms with Crippen molar-refractivity contribution in [3.05, 3.63) is 17.7 Å². The molecule has 5 nitrogen and oxygen atoms in total. The van der Waals surface area contributed by atoms with Crippen LogP contribution in [0.5, 0.6) is 17.2 Å². The molecule has 3 saturated heterocycles. The number of aliphatic hydroxyl groups excluding tert-OH is 1. The van der Waals surface area contributed by atoms with Crippen LogP contribution in [0, 0.1) is 5.92 Å². The van der Waals surface area contributed by atoms with Crippen LogP contribution in [0.15, 0.2) is 12.1 Å². The van der Waals surface area contributed by atoms with E-state index in [4.69, 9.17) is 14.2 Å². The third-order valence-electron chi connectivity index (χ3n) is 5.09. The highest BCUT2D eigenvalue weighted by atomic mass is 16.5. The standard InChI is InChI=1S/C17H25NO4/c1-20-14-9-11(10-15(21-2)17(14)22-3)8-13-16(19)12-4-6-18(13)7-5-12/h9-10,12-13,16,19H,4-8H2,1-3H3. The van der Waals surface area contributed by atoms with Gasteiger partial charge in [0.2, 0.25) is 5.75 Å². The smallest absolute Gasteiger partial charge is 0.203 e. The summed E-state index contributed by atoms with van der Waals surface area (Å²) < 4.78 is 16.2. The molecule has 1 aromatic carbocycles. The fourth-order valence-electron chi connectivity index (χ4n) is 3.87. The van der Waals surface area contributed by atoms with E-state index in [0.717, 1.165) is 37.9 Å². The maximum Gasteiger partial charge on any atom is 0.203 e. The summed E-state index contributed by atoms with van der Waals surface area (Å²) in [4.78, 5) is 2.41. The van der Waals surface area contributed by atoms with E-state index in [1.165, 1.54) is 0 Å². The summed E-state index contributed by atoms with van der Waals surface area (Å²) >= 11 is 0. The molecule has 0 saturated carbocycles. The summed E-state index contributed by atoms with van der Waals surface area (Å²) in [5.41, 5.74) is 1.10. The van der Waals surface area contributed by atoms with Gasteiger partial charge in [-0.3, -0.25) is 4.90 Å². The van der Waals surface area contributed by atoms with Crippen molar-refractivity contribution < 1.29 is 19.3 Å². The molecule has 3 fully saturated rings. The van der Waals surface area contributed by atoms with Gasteiger partial charge in [-0.2, -0.15) is 0 Å². The number of methoxy groups -OCH3 is 3. The number of hydrogen-bond acceptors (Lipinski definition) is 5. The number of benzene rings is 1. The van der Waals surface area contributed by atoms with Crippen molar-refractivity contribution >= 4 is 0 Å². The van der Waals surface area contributed by atoms with Gasteiger partial charge in [0.1, 0.15) is 0 Å². The summed E-state index contributed by atoms with van der Waals surface area (Å²) in [6.07, 6.45) is 2.80. The lowest BCUT2D eigenvalue weighted by molar-refractivity contribution is -0.0715. The minimum atomic E-state index is -0.235. The molecule has 0 radical (unpaired) electrons. The van der Waals surface area contributed by atoms with Crippen molar-refractivity contribution in [2.24, 2.45) is 5.92 Å². The predicted molar refractivity (Wildman–Crippen MR) is 83.9 cm³/mol. The number of hydrogen-bond donors (Lipinski definition) is 1. The van der Waals surface area contributed by atoms with E-state index in [1.807, 2.05) is 12.1 Å². The van der Waals surface area contributed by atoms with Crippen LogP contribution in [0.25, 0.3) is 0 Å². The van der Waals surface area contributed by atoms with Crippen LogP contribution in [0.2, 0.25) is 0 Å². The molecule has 0 spiro atoms. The fraction of sp³-hybridized carbons (Fsp3) is 0.647. The van der Waals surface area contributed by atoms with Gasteiger partial charge >= 0.3 is 0 Å². The Balaban J connectivity index is 1.86.